The smallest absolute Gasteiger partial charge is 0.335 e. The van der Waals surface area contributed by atoms with Gasteiger partial charge in [0.1, 0.15) is 11.9 Å². The molecular formula is C15H16N2O5. The third-order valence-corrected chi connectivity index (χ3v) is 3.86. The van der Waals surface area contributed by atoms with Crippen molar-refractivity contribution >= 4 is 22.7 Å². The molecule has 1 aromatic carbocycles. The second kappa shape index (κ2) is 5.53. The van der Waals surface area contributed by atoms with E-state index in [9.17, 15) is 20.1 Å². The molecule has 7 heteroatoms. The van der Waals surface area contributed by atoms with Gasteiger partial charge >= 0.3 is 5.97 Å². The van der Waals surface area contributed by atoms with Crippen molar-refractivity contribution in [2.24, 2.45) is 0 Å². The molecule has 2 aromatic rings. The first kappa shape index (κ1) is 14.7. The van der Waals surface area contributed by atoms with Crippen LogP contribution in [0.2, 0.25) is 0 Å². The second-order valence-electron chi connectivity index (χ2n) is 5.32. The molecular weight excluding hydrogens is 288 g/mol. The fourth-order valence-electron chi connectivity index (χ4n) is 2.76. The molecule has 3 rings (SSSR count). The third kappa shape index (κ3) is 2.50. The summed E-state index contributed by atoms with van der Waals surface area (Å²) in [5.74, 6) is -0.786. The molecule has 1 aromatic heterocycles. The lowest BCUT2D eigenvalue weighted by atomic mass is 9.97. The predicted octanol–water partition coefficient (Wildman–Crippen LogP) is 0.698. The van der Waals surface area contributed by atoms with Gasteiger partial charge in [0.2, 0.25) is 0 Å². The van der Waals surface area contributed by atoms with Crippen LogP contribution < -0.4 is 5.73 Å². The summed E-state index contributed by atoms with van der Waals surface area (Å²) in [6.45, 7) is -0.292. The van der Waals surface area contributed by atoms with Crippen LogP contribution in [0, 0.1) is 0 Å². The third-order valence-electron chi connectivity index (χ3n) is 3.86. The molecule has 116 valence electrons. The number of carbonyl (C=O) groups is 1. The zero-order valence-electron chi connectivity index (χ0n) is 11.6. The van der Waals surface area contributed by atoms with Crippen LogP contribution >= 0.6 is 0 Å². The Labute approximate surface area is 126 Å². The molecule has 0 saturated carbocycles. The van der Waals surface area contributed by atoms with E-state index in [0.717, 1.165) is 5.39 Å². The summed E-state index contributed by atoms with van der Waals surface area (Å²) in [5.41, 5.74) is 6.81. The number of anilines is 1. The summed E-state index contributed by atoms with van der Waals surface area (Å²) in [6.07, 6.45) is -1.68. The number of nitrogens with zero attached hydrogens (tertiary/aromatic N) is 1. The number of ether oxygens (including phenoxy) is 1. The Hall–Kier alpha value is -2.22. The average molecular weight is 304 g/mol. The first-order chi connectivity index (χ1) is 10.5. The van der Waals surface area contributed by atoms with Crippen LogP contribution in [0.1, 0.15) is 28.4 Å². The molecule has 7 nitrogen and oxygen atoms in total. The Kier molecular flexibility index (Phi) is 3.69. The lowest BCUT2D eigenvalue weighted by Gasteiger charge is -2.15. The molecule has 1 aliphatic rings. The van der Waals surface area contributed by atoms with Crippen molar-refractivity contribution < 1.29 is 24.9 Å². The fourth-order valence-corrected chi connectivity index (χ4v) is 2.76. The summed E-state index contributed by atoms with van der Waals surface area (Å²) in [6, 6.07) is 6.34. The molecule has 0 radical (unpaired) electrons. The minimum Gasteiger partial charge on any atom is -0.478 e. The average Bonchev–Trinajstić information content (AvgIpc) is 2.86. The van der Waals surface area contributed by atoms with E-state index >= 15 is 0 Å². The van der Waals surface area contributed by atoms with E-state index in [2.05, 4.69) is 4.98 Å². The summed E-state index contributed by atoms with van der Waals surface area (Å²) >= 11 is 0. The van der Waals surface area contributed by atoms with Crippen molar-refractivity contribution in [2.45, 2.75) is 24.7 Å². The molecule has 0 amide bonds. The van der Waals surface area contributed by atoms with Crippen molar-refractivity contribution in [1.82, 2.24) is 4.98 Å². The molecule has 0 unspecified atom stereocenters. The number of benzene rings is 1. The SMILES string of the molecule is Nc1ccc2c([C@H]3C[C@H](O)[C@@H](CO)O3)cc(C(=O)O)cc2n1. The number of aliphatic hydroxyl groups excluding tert-OH is 2. The van der Waals surface area contributed by atoms with Gasteiger partial charge in [-0.3, -0.25) is 0 Å². The maximum atomic E-state index is 11.3. The topological polar surface area (TPSA) is 126 Å². The van der Waals surface area contributed by atoms with Gasteiger partial charge < -0.3 is 25.8 Å². The van der Waals surface area contributed by atoms with E-state index in [0.29, 0.717) is 16.9 Å². The maximum Gasteiger partial charge on any atom is 0.335 e. The number of carboxylic acids is 1. The summed E-state index contributed by atoms with van der Waals surface area (Å²) in [7, 11) is 0. The van der Waals surface area contributed by atoms with Crippen LogP contribution in [0.4, 0.5) is 5.82 Å². The van der Waals surface area contributed by atoms with Crippen LogP contribution in [0.5, 0.6) is 0 Å². The van der Waals surface area contributed by atoms with Gasteiger partial charge in [-0.2, -0.15) is 0 Å². The monoisotopic (exact) mass is 304 g/mol. The van der Waals surface area contributed by atoms with Gasteiger partial charge in [0.15, 0.2) is 0 Å². The molecule has 1 fully saturated rings. The van der Waals surface area contributed by atoms with E-state index in [-0.39, 0.29) is 18.6 Å². The van der Waals surface area contributed by atoms with Gasteiger partial charge in [-0.15, -0.1) is 0 Å². The van der Waals surface area contributed by atoms with Crippen molar-refractivity contribution in [3.63, 3.8) is 0 Å². The number of aromatic nitrogens is 1. The van der Waals surface area contributed by atoms with E-state index in [4.69, 9.17) is 10.5 Å². The highest BCUT2D eigenvalue weighted by Gasteiger charge is 2.35. The van der Waals surface area contributed by atoms with Crippen LogP contribution in [-0.4, -0.2) is 45.1 Å². The van der Waals surface area contributed by atoms with E-state index < -0.39 is 24.3 Å². The number of hydrogen-bond acceptors (Lipinski definition) is 6. The standard InChI is InChI=1S/C15H16N2O5/c16-14-2-1-8-9(12-5-11(19)13(6-18)22-12)3-7(15(20)21)4-10(8)17-14/h1-4,11-13,18-19H,5-6H2,(H2,16,17)(H,20,21)/t11-,12+,13+/m0/s1. The van der Waals surface area contributed by atoms with Gasteiger partial charge in [0, 0.05) is 11.8 Å². The van der Waals surface area contributed by atoms with Crippen molar-refractivity contribution in [2.75, 3.05) is 12.3 Å². The first-order valence-corrected chi connectivity index (χ1v) is 6.87. The zero-order valence-corrected chi connectivity index (χ0v) is 11.6. The van der Waals surface area contributed by atoms with E-state index in [1.54, 1.807) is 12.1 Å². The van der Waals surface area contributed by atoms with Crippen molar-refractivity contribution in [1.29, 1.82) is 0 Å². The number of nitrogen functional groups attached to an aromatic ring is 1. The summed E-state index contributed by atoms with van der Waals surface area (Å²) in [4.78, 5) is 15.4. The van der Waals surface area contributed by atoms with Crippen LogP contribution in [0.15, 0.2) is 24.3 Å². The quantitative estimate of drug-likeness (QED) is 0.657. The van der Waals surface area contributed by atoms with Gasteiger partial charge in [0.25, 0.3) is 0 Å². The molecule has 1 saturated heterocycles. The number of fused-ring (bicyclic) bond motifs is 1. The number of aromatic carboxylic acids is 1. The number of rotatable bonds is 3. The van der Waals surface area contributed by atoms with Crippen molar-refractivity contribution in [3.05, 3.63) is 35.4 Å². The zero-order chi connectivity index (χ0) is 15.9. The Bertz CT molecular complexity index is 733. The highest BCUT2D eigenvalue weighted by atomic mass is 16.5. The Morgan fingerprint density at radius 3 is 2.82 bits per heavy atom. The van der Waals surface area contributed by atoms with Gasteiger partial charge in [-0.05, 0) is 29.8 Å². The van der Waals surface area contributed by atoms with Crippen LogP contribution in [0.3, 0.4) is 0 Å². The van der Waals surface area contributed by atoms with Crippen LogP contribution in [0.25, 0.3) is 10.9 Å². The predicted molar refractivity (Wildman–Crippen MR) is 78.4 cm³/mol. The highest BCUT2D eigenvalue weighted by molar-refractivity contribution is 5.95. The lowest BCUT2D eigenvalue weighted by Crippen LogP contribution is -2.24. The van der Waals surface area contributed by atoms with E-state index in [1.807, 2.05) is 0 Å². The molecule has 0 aliphatic carbocycles. The molecule has 0 spiro atoms. The lowest BCUT2D eigenvalue weighted by molar-refractivity contribution is -0.0222. The number of hydrogen-bond donors (Lipinski definition) is 4. The number of carboxylic acid groups (broad SMARTS) is 1. The number of nitrogens with two attached hydrogens (primary N) is 1. The molecule has 0 bridgehead atoms. The first-order valence-electron chi connectivity index (χ1n) is 6.87. The largest absolute Gasteiger partial charge is 0.478 e. The Morgan fingerprint density at radius 2 is 2.18 bits per heavy atom. The summed E-state index contributed by atoms with van der Waals surface area (Å²) < 4.78 is 5.63. The van der Waals surface area contributed by atoms with Crippen molar-refractivity contribution in [3.8, 4) is 0 Å². The number of aliphatic hydroxyl groups is 2. The second-order valence-corrected chi connectivity index (χ2v) is 5.32. The minimum atomic E-state index is -1.08. The van der Waals surface area contributed by atoms with Crippen LogP contribution in [-0.2, 0) is 4.74 Å². The maximum absolute atomic E-state index is 11.3. The molecule has 5 N–H and O–H groups in total. The molecule has 3 atom stereocenters. The summed E-state index contributed by atoms with van der Waals surface area (Å²) in [5, 5.41) is 29.0. The number of pyridine rings is 1. The van der Waals surface area contributed by atoms with Gasteiger partial charge in [-0.1, -0.05) is 0 Å². The normalized spacial score (nSPS) is 24.7. The minimum absolute atomic E-state index is 0.0751. The Morgan fingerprint density at radius 1 is 1.41 bits per heavy atom. The highest BCUT2D eigenvalue weighted by Crippen LogP contribution is 2.37. The fraction of sp³-hybridized carbons (Fsp3) is 0.333. The van der Waals surface area contributed by atoms with Gasteiger partial charge in [-0.25, -0.2) is 9.78 Å². The molecule has 2 heterocycles. The molecule has 22 heavy (non-hydrogen) atoms. The molecule has 1 aliphatic heterocycles. The Balaban J connectivity index is 2.13. The van der Waals surface area contributed by atoms with E-state index in [1.165, 1.54) is 12.1 Å². The van der Waals surface area contributed by atoms with Gasteiger partial charge in [0.05, 0.1) is 29.9 Å².